The van der Waals surface area contributed by atoms with Gasteiger partial charge in [0.05, 0.1) is 6.54 Å². The predicted octanol–water partition coefficient (Wildman–Crippen LogP) is 0.640. The van der Waals surface area contributed by atoms with Crippen molar-refractivity contribution in [3.63, 3.8) is 0 Å². The standard InChI is InChI=1S/C12H23N3O2/c1-2-14-6-4-3-5-10(14)8-15-9-11(7-13)17-12(15)16/h10-11H,2-9,13H2,1H3/t10?,11-/m0/s1. The number of rotatable bonds is 4. The summed E-state index contributed by atoms with van der Waals surface area (Å²) in [6.07, 6.45) is 3.43. The van der Waals surface area contributed by atoms with Crippen molar-refractivity contribution in [1.82, 2.24) is 9.80 Å². The van der Waals surface area contributed by atoms with Gasteiger partial charge in [-0.1, -0.05) is 13.3 Å². The van der Waals surface area contributed by atoms with Crippen LogP contribution in [0.1, 0.15) is 26.2 Å². The number of nitrogens with zero attached hydrogens (tertiary/aromatic N) is 2. The monoisotopic (exact) mass is 241 g/mol. The van der Waals surface area contributed by atoms with Gasteiger partial charge in [0.1, 0.15) is 6.10 Å². The van der Waals surface area contributed by atoms with E-state index in [1.807, 2.05) is 4.90 Å². The number of ether oxygens (including phenoxy) is 1. The predicted molar refractivity (Wildman–Crippen MR) is 65.8 cm³/mol. The Morgan fingerprint density at radius 3 is 2.94 bits per heavy atom. The van der Waals surface area contributed by atoms with Crippen LogP contribution in [0.25, 0.3) is 0 Å². The number of carbonyl (C=O) groups is 1. The van der Waals surface area contributed by atoms with Gasteiger partial charge >= 0.3 is 6.09 Å². The molecule has 0 bridgehead atoms. The van der Waals surface area contributed by atoms with Crippen LogP contribution in [0.5, 0.6) is 0 Å². The van der Waals surface area contributed by atoms with E-state index in [9.17, 15) is 4.79 Å². The molecule has 2 rings (SSSR count). The highest BCUT2D eigenvalue weighted by molar-refractivity contribution is 5.70. The molecule has 1 amide bonds. The first-order valence-electron chi connectivity index (χ1n) is 6.64. The zero-order valence-electron chi connectivity index (χ0n) is 10.6. The van der Waals surface area contributed by atoms with E-state index in [0.29, 0.717) is 19.1 Å². The van der Waals surface area contributed by atoms with Gasteiger partial charge in [0, 0.05) is 19.1 Å². The van der Waals surface area contributed by atoms with Crippen LogP contribution in [0.3, 0.4) is 0 Å². The largest absolute Gasteiger partial charge is 0.443 e. The molecule has 0 saturated carbocycles. The van der Waals surface area contributed by atoms with Gasteiger partial charge in [-0.2, -0.15) is 0 Å². The van der Waals surface area contributed by atoms with Gasteiger partial charge in [0.2, 0.25) is 0 Å². The number of hydrogen-bond acceptors (Lipinski definition) is 4. The summed E-state index contributed by atoms with van der Waals surface area (Å²) in [7, 11) is 0. The van der Waals surface area contributed by atoms with E-state index >= 15 is 0 Å². The molecule has 2 saturated heterocycles. The minimum absolute atomic E-state index is 0.110. The van der Waals surface area contributed by atoms with Crippen molar-refractivity contribution in [1.29, 1.82) is 0 Å². The first-order valence-corrected chi connectivity index (χ1v) is 6.64. The van der Waals surface area contributed by atoms with Gasteiger partial charge in [-0.15, -0.1) is 0 Å². The molecule has 2 N–H and O–H groups in total. The molecule has 2 fully saturated rings. The maximum atomic E-state index is 11.6. The highest BCUT2D eigenvalue weighted by Crippen LogP contribution is 2.20. The Labute approximate surface area is 103 Å². The van der Waals surface area contributed by atoms with Gasteiger partial charge in [0.25, 0.3) is 0 Å². The fraction of sp³-hybridized carbons (Fsp3) is 0.917. The normalized spacial score (nSPS) is 30.7. The molecule has 0 spiro atoms. The topological polar surface area (TPSA) is 58.8 Å². The van der Waals surface area contributed by atoms with Crippen LogP contribution in [-0.2, 0) is 4.74 Å². The number of hydrogen-bond donors (Lipinski definition) is 1. The Morgan fingerprint density at radius 2 is 2.29 bits per heavy atom. The Bertz CT molecular complexity index is 272. The lowest BCUT2D eigenvalue weighted by Gasteiger charge is -2.36. The van der Waals surface area contributed by atoms with Crippen molar-refractivity contribution >= 4 is 6.09 Å². The third kappa shape index (κ3) is 2.90. The number of nitrogens with two attached hydrogens (primary N) is 1. The molecule has 2 atom stereocenters. The van der Waals surface area contributed by atoms with Crippen LogP contribution >= 0.6 is 0 Å². The zero-order valence-corrected chi connectivity index (χ0v) is 10.6. The van der Waals surface area contributed by atoms with E-state index in [0.717, 1.165) is 19.6 Å². The second-order valence-electron chi connectivity index (χ2n) is 4.92. The molecular formula is C12H23N3O2. The highest BCUT2D eigenvalue weighted by Gasteiger charge is 2.33. The smallest absolute Gasteiger partial charge is 0.410 e. The van der Waals surface area contributed by atoms with Crippen LogP contribution in [0.15, 0.2) is 0 Å². The minimum atomic E-state index is -0.193. The van der Waals surface area contributed by atoms with E-state index < -0.39 is 0 Å². The van der Waals surface area contributed by atoms with E-state index in [1.165, 1.54) is 19.3 Å². The molecule has 1 unspecified atom stereocenters. The van der Waals surface area contributed by atoms with Crippen LogP contribution in [0.2, 0.25) is 0 Å². The zero-order chi connectivity index (χ0) is 12.3. The molecule has 5 nitrogen and oxygen atoms in total. The van der Waals surface area contributed by atoms with Crippen molar-refractivity contribution < 1.29 is 9.53 Å². The average Bonchev–Trinajstić information content (AvgIpc) is 2.71. The molecule has 0 aromatic heterocycles. The Kier molecular flexibility index (Phi) is 4.23. The summed E-state index contributed by atoms with van der Waals surface area (Å²) in [5.74, 6) is 0. The molecule has 17 heavy (non-hydrogen) atoms. The second-order valence-corrected chi connectivity index (χ2v) is 4.92. The molecule has 2 aliphatic heterocycles. The quantitative estimate of drug-likeness (QED) is 0.784. The highest BCUT2D eigenvalue weighted by atomic mass is 16.6. The maximum Gasteiger partial charge on any atom is 0.410 e. The lowest BCUT2D eigenvalue weighted by atomic mass is 10.0. The van der Waals surface area contributed by atoms with Crippen LogP contribution in [-0.4, -0.2) is 60.8 Å². The molecule has 0 aliphatic carbocycles. The Morgan fingerprint density at radius 1 is 1.47 bits per heavy atom. The van der Waals surface area contributed by atoms with Crippen molar-refractivity contribution in [2.24, 2.45) is 5.73 Å². The lowest BCUT2D eigenvalue weighted by molar-refractivity contribution is 0.112. The summed E-state index contributed by atoms with van der Waals surface area (Å²) in [4.78, 5) is 15.9. The Balaban J connectivity index is 1.89. The number of amides is 1. The van der Waals surface area contributed by atoms with Crippen LogP contribution < -0.4 is 5.73 Å². The number of likely N-dealkylation sites (tertiary alicyclic amines) is 1. The lowest BCUT2D eigenvalue weighted by Crippen LogP contribution is -2.47. The van der Waals surface area contributed by atoms with E-state index in [4.69, 9.17) is 10.5 Å². The fourth-order valence-corrected chi connectivity index (χ4v) is 2.78. The molecular weight excluding hydrogens is 218 g/mol. The molecule has 2 heterocycles. The third-order valence-corrected chi connectivity index (χ3v) is 3.80. The summed E-state index contributed by atoms with van der Waals surface area (Å²) in [6.45, 7) is 6.28. The summed E-state index contributed by atoms with van der Waals surface area (Å²) in [5, 5.41) is 0. The van der Waals surface area contributed by atoms with E-state index in [1.54, 1.807) is 0 Å². The van der Waals surface area contributed by atoms with Crippen molar-refractivity contribution in [2.45, 2.75) is 38.3 Å². The number of cyclic esters (lactones) is 1. The maximum absolute atomic E-state index is 11.6. The van der Waals surface area contributed by atoms with Crippen molar-refractivity contribution in [2.75, 3.05) is 32.7 Å². The molecule has 0 aromatic carbocycles. The number of likely N-dealkylation sites (N-methyl/N-ethyl adjacent to an activating group) is 1. The van der Waals surface area contributed by atoms with Crippen molar-refractivity contribution in [3.05, 3.63) is 0 Å². The third-order valence-electron chi connectivity index (χ3n) is 3.80. The Hall–Kier alpha value is -0.810. The van der Waals surface area contributed by atoms with Crippen molar-refractivity contribution in [3.8, 4) is 0 Å². The average molecular weight is 241 g/mol. The van der Waals surface area contributed by atoms with Gasteiger partial charge in [-0.3, -0.25) is 4.90 Å². The van der Waals surface area contributed by atoms with Crippen LogP contribution in [0, 0.1) is 0 Å². The summed E-state index contributed by atoms with van der Waals surface area (Å²) < 4.78 is 5.18. The van der Waals surface area contributed by atoms with Crippen LogP contribution in [0.4, 0.5) is 4.79 Å². The number of carbonyl (C=O) groups excluding carboxylic acids is 1. The summed E-state index contributed by atoms with van der Waals surface area (Å²) in [6, 6.07) is 0.498. The number of piperidine rings is 1. The molecule has 0 aromatic rings. The summed E-state index contributed by atoms with van der Waals surface area (Å²) in [5.41, 5.74) is 5.53. The first kappa shape index (κ1) is 12.6. The fourth-order valence-electron chi connectivity index (χ4n) is 2.78. The SMILES string of the molecule is CCN1CCCCC1CN1C[C@H](CN)OC1=O. The molecule has 2 aliphatic rings. The minimum Gasteiger partial charge on any atom is -0.443 e. The van der Waals surface area contributed by atoms with Gasteiger partial charge < -0.3 is 15.4 Å². The summed E-state index contributed by atoms with van der Waals surface area (Å²) >= 11 is 0. The van der Waals surface area contributed by atoms with Gasteiger partial charge in [0.15, 0.2) is 0 Å². The second kappa shape index (κ2) is 5.69. The molecule has 5 heteroatoms. The molecule has 0 radical (unpaired) electrons. The van der Waals surface area contributed by atoms with E-state index in [2.05, 4.69) is 11.8 Å². The molecule has 98 valence electrons. The van der Waals surface area contributed by atoms with E-state index in [-0.39, 0.29) is 12.2 Å². The van der Waals surface area contributed by atoms with Gasteiger partial charge in [-0.25, -0.2) is 4.79 Å². The van der Waals surface area contributed by atoms with Gasteiger partial charge in [-0.05, 0) is 25.9 Å². The first-order chi connectivity index (χ1) is 8.24.